The molecule has 3 aliphatic rings. The first-order valence-electron chi connectivity index (χ1n) is 16.3. The van der Waals surface area contributed by atoms with E-state index in [2.05, 4.69) is 21.0 Å². The smallest absolute Gasteiger partial charge is 0.378 e. The Balaban J connectivity index is 1.29. The number of hydrogen-bond donors (Lipinski definition) is 0. The Kier molecular flexibility index (Phi) is 8.25. The number of halogens is 3. The quantitative estimate of drug-likeness (QED) is 0.197. The van der Waals surface area contributed by atoms with Gasteiger partial charge in [0.1, 0.15) is 5.82 Å². The minimum absolute atomic E-state index is 0.205. The van der Waals surface area contributed by atoms with Crippen LogP contribution < -0.4 is 14.7 Å². The molecule has 1 aromatic carbocycles. The fourth-order valence-corrected chi connectivity index (χ4v) is 6.44. The van der Waals surface area contributed by atoms with Gasteiger partial charge < -0.3 is 19.4 Å². The van der Waals surface area contributed by atoms with Gasteiger partial charge in [-0.2, -0.15) is 18.3 Å². The number of rotatable bonds is 11. The van der Waals surface area contributed by atoms with Crippen LogP contribution in [0.15, 0.2) is 36.7 Å². The van der Waals surface area contributed by atoms with Crippen LogP contribution in [0, 0.1) is 25.7 Å². The topological polar surface area (TPSA) is 75.4 Å². The van der Waals surface area contributed by atoms with Crippen LogP contribution in [-0.4, -0.2) is 64.1 Å². The molecule has 9 nitrogen and oxygen atoms in total. The largest absolute Gasteiger partial charge is 0.416 e. The Morgan fingerprint density at radius 2 is 1.57 bits per heavy atom. The van der Waals surface area contributed by atoms with E-state index in [0.717, 1.165) is 60.0 Å². The van der Waals surface area contributed by atoms with Gasteiger partial charge in [0.25, 0.3) is 0 Å². The SMILES string of the molecule is Cc1cc(CN(Cc2cc3c(C)nn(C)c3nc2N(CC2CC2)CC2CC2)c2ncc(N3CCOCC3)cn2)cc(C(F)(F)F)c1. The molecule has 0 radical (unpaired) electrons. The number of aryl methyl sites for hydroxylation is 3. The van der Waals surface area contributed by atoms with Gasteiger partial charge >= 0.3 is 6.18 Å². The lowest BCUT2D eigenvalue weighted by Gasteiger charge is -2.30. The van der Waals surface area contributed by atoms with Crippen LogP contribution in [0.1, 0.15) is 53.6 Å². The molecule has 4 heterocycles. The van der Waals surface area contributed by atoms with E-state index < -0.39 is 11.7 Å². The van der Waals surface area contributed by atoms with Crippen molar-refractivity contribution in [2.24, 2.45) is 18.9 Å². The molecule has 2 aliphatic carbocycles. The summed E-state index contributed by atoms with van der Waals surface area (Å²) in [7, 11) is 1.92. The highest BCUT2D eigenvalue weighted by molar-refractivity contribution is 5.82. The van der Waals surface area contributed by atoms with Gasteiger partial charge in [-0.3, -0.25) is 4.68 Å². The van der Waals surface area contributed by atoms with Crippen LogP contribution in [0.5, 0.6) is 0 Å². The second-order valence-electron chi connectivity index (χ2n) is 13.2. The number of morpholine rings is 1. The molecular formula is C34H41F3N8O. The van der Waals surface area contributed by atoms with E-state index in [9.17, 15) is 13.2 Å². The molecule has 0 atom stereocenters. The molecule has 46 heavy (non-hydrogen) atoms. The zero-order chi connectivity index (χ0) is 32.0. The number of alkyl halides is 3. The lowest BCUT2D eigenvalue weighted by atomic mass is 10.1. The molecule has 1 aliphatic heterocycles. The fraction of sp³-hybridized carbons (Fsp3) is 0.529. The predicted molar refractivity (Wildman–Crippen MR) is 172 cm³/mol. The third-order valence-corrected chi connectivity index (χ3v) is 9.19. The van der Waals surface area contributed by atoms with E-state index in [1.54, 1.807) is 19.3 Å². The van der Waals surface area contributed by atoms with Crippen LogP contribution in [0.3, 0.4) is 0 Å². The summed E-state index contributed by atoms with van der Waals surface area (Å²) in [5, 5.41) is 5.63. The van der Waals surface area contributed by atoms with Gasteiger partial charge in [-0.1, -0.05) is 11.6 Å². The number of aromatic nitrogens is 5. The minimum atomic E-state index is -4.44. The molecule has 12 heteroatoms. The van der Waals surface area contributed by atoms with Crippen molar-refractivity contribution in [1.82, 2.24) is 24.7 Å². The van der Waals surface area contributed by atoms with Gasteiger partial charge in [-0.05, 0) is 75.1 Å². The van der Waals surface area contributed by atoms with Crippen LogP contribution in [0.2, 0.25) is 0 Å². The molecular weight excluding hydrogens is 593 g/mol. The molecule has 0 N–H and O–H groups in total. The molecule has 0 amide bonds. The zero-order valence-electron chi connectivity index (χ0n) is 26.7. The highest BCUT2D eigenvalue weighted by atomic mass is 19.4. The lowest BCUT2D eigenvalue weighted by Crippen LogP contribution is -2.36. The molecule has 4 aromatic rings. The van der Waals surface area contributed by atoms with E-state index in [-0.39, 0.29) is 6.54 Å². The van der Waals surface area contributed by atoms with Crippen molar-refractivity contribution >= 4 is 28.5 Å². The van der Waals surface area contributed by atoms with Crippen molar-refractivity contribution in [1.29, 1.82) is 0 Å². The number of nitrogens with zero attached hydrogens (tertiary/aromatic N) is 8. The molecule has 0 unspecified atom stereocenters. The zero-order valence-corrected chi connectivity index (χ0v) is 26.7. The standard InChI is InChI=1S/C34H41F3N8O/c1-22-12-26(14-28(13-22)34(35,36)37)20-45(33-38-16-29(17-39-33)43-8-10-46-11-9-43)21-27-15-30-23(2)41-42(3)32(30)40-31(27)44(18-24-4-5-24)19-25-6-7-25/h12-17,24-25H,4-11,18-21H2,1-3H3. The summed E-state index contributed by atoms with van der Waals surface area (Å²) in [6.07, 6.45) is 4.09. The molecule has 244 valence electrons. The summed E-state index contributed by atoms with van der Waals surface area (Å²) in [6, 6.07) is 6.40. The molecule has 3 aromatic heterocycles. The number of hydrogen-bond acceptors (Lipinski definition) is 8. The summed E-state index contributed by atoms with van der Waals surface area (Å²) >= 11 is 0. The Bertz CT molecular complexity index is 1680. The average molecular weight is 635 g/mol. The van der Waals surface area contributed by atoms with E-state index >= 15 is 0 Å². The number of fused-ring (bicyclic) bond motifs is 1. The Morgan fingerprint density at radius 3 is 2.20 bits per heavy atom. The molecule has 3 fully saturated rings. The van der Waals surface area contributed by atoms with Crippen molar-refractivity contribution in [2.45, 2.75) is 58.8 Å². The molecule has 1 saturated heterocycles. The Morgan fingerprint density at radius 1 is 0.891 bits per heavy atom. The predicted octanol–water partition coefficient (Wildman–Crippen LogP) is 6.06. The average Bonchev–Trinajstić information content (AvgIpc) is 3.97. The first-order valence-corrected chi connectivity index (χ1v) is 16.3. The van der Waals surface area contributed by atoms with Gasteiger partial charge in [0, 0.05) is 57.3 Å². The van der Waals surface area contributed by atoms with E-state index in [0.29, 0.717) is 48.7 Å². The highest BCUT2D eigenvalue weighted by Gasteiger charge is 2.33. The monoisotopic (exact) mass is 634 g/mol. The Labute approximate surface area is 267 Å². The van der Waals surface area contributed by atoms with Gasteiger partial charge in [-0.25, -0.2) is 15.0 Å². The maximum absolute atomic E-state index is 13.9. The number of benzene rings is 1. The van der Waals surface area contributed by atoms with Gasteiger partial charge in [0.05, 0.1) is 42.6 Å². The highest BCUT2D eigenvalue weighted by Crippen LogP contribution is 2.38. The van der Waals surface area contributed by atoms with Crippen LogP contribution >= 0.6 is 0 Å². The first kappa shape index (κ1) is 30.7. The van der Waals surface area contributed by atoms with Gasteiger partial charge in [0.2, 0.25) is 5.95 Å². The summed E-state index contributed by atoms with van der Waals surface area (Å²) in [5.74, 6) is 2.71. The first-order chi connectivity index (χ1) is 22.1. The summed E-state index contributed by atoms with van der Waals surface area (Å²) < 4.78 is 48.9. The van der Waals surface area contributed by atoms with Crippen LogP contribution in [0.25, 0.3) is 11.0 Å². The normalized spacial score (nSPS) is 17.1. The van der Waals surface area contributed by atoms with Crippen molar-refractivity contribution < 1.29 is 17.9 Å². The van der Waals surface area contributed by atoms with E-state index in [1.165, 1.54) is 37.8 Å². The third-order valence-electron chi connectivity index (χ3n) is 9.19. The van der Waals surface area contributed by atoms with Crippen LogP contribution in [-0.2, 0) is 31.1 Å². The molecule has 0 spiro atoms. The molecule has 0 bridgehead atoms. The molecule has 2 saturated carbocycles. The van der Waals surface area contributed by atoms with Crippen LogP contribution in [0.4, 0.5) is 30.6 Å². The third kappa shape index (κ3) is 6.91. The van der Waals surface area contributed by atoms with Gasteiger partial charge in [-0.15, -0.1) is 0 Å². The number of anilines is 3. The maximum atomic E-state index is 13.9. The van der Waals surface area contributed by atoms with Gasteiger partial charge in [0.15, 0.2) is 5.65 Å². The Hall–Kier alpha value is -3.93. The van der Waals surface area contributed by atoms with Crippen molar-refractivity contribution in [3.63, 3.8) is 0 Å². The van der Waals surface area contributed by atoms with E-state index in [1.807, 2.05) is 29.6 Å². The lowest BCUT2D eigenvalue weighted by molar-refractivity contribution is -0.137. The summed E-state index contributed by atoms with van der Waals surface area (Å²) in [6.45, 7) is 8.98. The summed E-state index contributed by atoms with van der Waals surface area (Å²) in [5.41, 5.74) is 4.07. The molecule has 7 rings (SSSR count). The maximum Gasteiger partial charge on any atom is 0.416 e. The van der Waals surface area contributed by atoms with Crippen molar-refractivity contribution in [3.05, 3.63) is 64.6 Å². The minimum Gasteiger partial charge on any atom is -0.378 e. The summed E-state index contributed by atoms with van der Waals surface area (Å²) in [4.78, 5) is 21.4. The fourth-order valence-electron chi connectivity index (χ4n) is 6.44. The number of pyridine rings is 1. The van der Waals surface area contributed by atoms with Crippen molar-refractivity contribution in [3.8, 4) is 0 Å². The second kappa shape index (κ2) is 12.4. The van der Waals surface area contributed by atoms with Crippen molar-refractivity contribution in [2.75, 3.05) is 54.1 Å². The van der Waals surface area contributed by atoms with E-state index in [4.69, 9.17) is 19.7 Å². The number of ether oxygens (including phenoxy) is 1. The second-order valence-corrected chi connectivity index (χ2v) is 13.2.